The van der Waals surface area contributed by atoms with Crippen molar-refractivity contribution >= 4 is 44.4 Å². The second-order valence-corrected chi connectivity index (χ2v) is 3.73. The van der Waals surface area contributed by atoms with Crippen molar-refractivity contribution in [2.24, 2.45) is 0 Å². The predicted molar refractivity (Wildman–Crippen MR) is 52.1 cm³/mol. The number of halogens is 1. The number of H-pyrrole nitrogens is 1. The predicted octanol–water partition coefficient (Wildman–Crippen LogP) is 2.22. The van der Waals surface area contributed by atoms with Crippen LogP contribution in [0, 0.1) is 0 Å². The number of aromatic nitrogens is 4. The molecule has 0 radical (unpaired) electrons. The third-order valence-electron chi connectivity index (χ3n) is 1.83. The summed E-state index contributed by atoms with van der Waals surface area (Å²) >= 11 is 7.08. The topological polar surface area (TPSA) is 54.5 Å². The molecule has 0 unspecified atom stereocenters. The Morgan fingerprint density at radius 1 is 1.38 bits per heavy atom. The molecule has 0 saturated heterocycles. The van der Waals surface area contributed by atoms with Crippen molar-refractivity contribution in [1.82, 2.24) is 19.3 Å². The van der Waals surface area contributed by atoms with Gasteiger partial charge in [0.15, 0.2) is 0 Å². The van der Waals surface area contributed by atoms with Gasteiger partial charge in [0.1, 0.15) is 5.65 Å². The Balaban J connectivity index is 2.59. The molecule has 3 aromatic heterocycles. The van der Waals surface area contributed by atoms with Crippen LogP contribution in [0.2, 0.25) is 5.28 Å². The summed E-state index contributed by atoms with van der Waals surface area (Å²) in [5.41, 5.74) is 1.75. The van der Waals surface area contributed by atoms with E-state index in [4.69, 9.17) is 11.6 Å². The fourth-order valence-corrected chi connectivity index (χ4v) is 2.12. The molecule has 0 aliphatic carbocycles. The van der Waals surface area contributed by atoms with Crippen LogP contribution in [0.25, 0.3) is 21.3 Å². The van der Waals surface area contributed by atoms with E-state index in [0.717, 1.165) is 21.3 Å². The average Bonchev–Trinajstić information content (AvgIpc) is 2.62. The Labute approximate surface area is 81.7 Å². The van der Waals surface area contributed by atoms with E-state index in [0.29, 0.717) is 0 Å². The Bertz CT molecular complexity index is 584. The van der Waals surface area contributed by atoms with E-state index in [1.54, 1.807) is 12.4 Å². The largest absolute Gasteiger partial charge is 0.337 e. The van der Waals surface area contributed by atoms with Crippen LogP contribution >= 0.6 is 23.1 Å². The van der Waals surface area contributed by atoms with Gasteiger partial charge in [-0.1, -0.05) is 0 Å². The SMILES string of the molecule is Clc1ncc2c(n1)[nH]c1cnsc12. The van der Waals surface area contributed by atoms with Crippen molar-refractivity contribution in [3.8, 4) is 0 Å². The maximum Gasteiger partial charge on any atom is 0.224 e. The van der Waals surface area contributed by atoms with Gasteiger partial charge in [0, 0.05) is 6.20 Å². The van der Waals surface area contributed by atoms with Crippen LogP contribution in [0.1, 0.15) is 0 Å². The van der Waals surface area contributed by atoms with Gasteiger partial charge in [-0.05, 0) is 23.1 Å². The lowest BCUT2D eigenvalue weighted by Crippen LogP contribution is -1.80. The number of hydrogen-bond donors (Lipinski definition) is 1. The van der Waals surface area contributed by atoms with Gasteiger partial charge < -0.3 is 4.98 Å². The van der Waals surface area contributed by atoms with Gasteiger partial charge in [0.2, 0.25) is 5.28 Å². The van der Waals surface area contributed by atoms with Gasteiger partial charge >= 0.3 is 0 Å². The monoisotopic (exact) mass is 210 g/mol. The van der Waals surface area contributed by atoms with Gasteiger partial charge in [-0.3, -0.25) is 0 Å². The van der Waals surface area contributed by atoms with E-state index in [-0.39, 0.29) is 5.28 Å². The molecular formula is C7H3ClN4S. The second-order valence-electron chi connectivity index (χ2n) is 2.59. The zero-order valence-electron chi connectivity index (χ0n) is 6.28. The molecule has 0 fully saturated rings. The average molecular weight is 211 g/mol. The highest BCUT2D eigenvalue weighted by atomic mass is 35.5. The third kappa shape index (κ3) is 0.942. The van der Waals surface area contributed by atoms with Crippen LogP contribution in [0.4, 0.5) is 0 Å². The van der Waals surface area contributed by atoms with Gasteiger partial charge in [-0.25, -0.2) is 4.98 Å². The van der Waals surface area contributed by atoms with Crippen LogP contribution in [0.15, 0.2) is 12.4 Å². The molecule has 0 atom stereocenters. The molecule has 6 heteroatoms. The number of fused-ring (bicyclic) bond motifs is 3. The van der Waals surface area contributed by atoms with Crippen LogP contribution < -0.4 is 0 Å². The molecule has 3 aromatic rings. The Morgan fingerprint density at radius 2 is 2.31 bits per heavy atom. The zero-order chi connectivity index (χ0) is 8.84. The molecule has 13 heavy (non-hydrogen) atoms. The summed E-state index contributed by atoms with van der Waals surface area (Å²) in [6.07, 6.45) is 3.48. The maximum atomic E-state index is 5.66. The summed E-state index contributed by atoms with van der Waals surface area (Å²) in [5.74, 6) is 0. The van der Waals surface area contributed by atoms with Gasteiger partial charge in [0.25, 0.3) is 0 Å². The quantitative estimate of drug-likeness (QED) is 0.579. The number of hydrogen-bond acceptors (Lipinski definition) is 4. The number of rotatable bonds is 0. The number of nitrogens with one attached hydrogen (secondary N) is 1. The maximum absolute atomic E-state index is 5.66. The standard InChI is InChI=1S/C7H3ClN4S/c8-7-9-1-3-5-4(2-10-13-5)11-6(3)12-7/h1-2H,(H,9,11,12). The molecule has 0 bridgehead atoms. The minimum absolute atomic E-state index is 0.259. The van der Waals surface area contributed by atoms with Crippen molar-refractivity contribution in [2.75, 3.05) is 0 Å². The Kier molecular flexibility index (Phi) is 1.33. The molecule has 4 nitrogen and oxygen atoms in total. The van der Waals surface area contributed by atoms with Crippen molar-refractivity contribution in [3.63, 3.8) is 0 Å². The highest BCUT2D eigenvalue weighted by Gasteiger charge is 2.07. The van der Waals surface area contributed by atoms with E-state index in [2.05, 4.69) is 19.3 Å². The van der Waals surface area contributed by atoms with E-state index in [1.165, 1.54) is 11.5 Å². The van der Waals surface area contributed by atoms with Crippen LogP contribution in [0.5, 0.6) is 0 Å². The Hall–Kier alpha value is -1.20. The molecular weight excluding hydrogens is 208 g/mol. The first-order chi connectivity index (χ1) is 6.34. The summed E-state index contributed by atoms with van der Waals surface area (Å²) in [7, 11) is 0. The smallest absolute Gasteiger partial charge is 0.224 e. The van der Waals surface area contributed by atoms with Crippen LogP contribution in [-0.2, 0) is 0 Å². The van der Waals surface area contributed by atoms with Crippen LogP contribution in [-0.4, -0.2) is 19.3 Å². The molecule has 3 heterocycles. The van der Waals surface area contributed by atoms with E-state index in [1.807, 2.05) is 0 Å². The first-order valence-corrected chi connectivity index (χ1v) is 4.74. The van der Waals surface area contributed by atoms with Gasteiger partial charge in [0.05, 0.1) is 21.8 Å². The molecule has 64 valence electrons. The summed E-state index contributed by atoms with van der Waals surface area (Å²) in [5, 5.41) is 1.23. The van der Waals surface area contributed by atoms with Crippen LogP contribution in [0.3, 0.4) is 0 Å². The fourth-order valence-electron chi connectivity index (χ4n) is 1.27. The number of aromatic amines is 1. The van der Waals surface area contributed by atoms with E-state index < -0.39 is 0 Å². The van der Waals surface area contributed by atoms with Crippen molar-refractivity contribution in [1.29, 1.82) is 0 Å². The molecule has 0 aliphatic rings. The molecule has 3 rings (SSSR count). The summed E-state index contributed by atoms with van der Waals surface area (Å²) < 4.78 is 5.13. The molecule has 1 N–H and O–H groups in total. The normalized spacial score (nSPS) is 11.5. The second kappa shape index (κ2) is 2.40. The molecule has 0 aromatic carbocycles. The first kappa shape index (κ1) is 7.23. The lowest BCUT2D eigenvalue weighted by atomic mass is 10.4. The minimum Gasteiger partial charge on any atom is -0.337 e. The van der Waals surface area contributed by atoms with Gasteiger partial charge in [-0.2, -0.15) is 9.36 Å². The summed E-state index contributed by atoms with van der Waals surface area (Å²) in [4.78, 5) is 11.1. The highest BCUT2D eigenvalue weighted by Crippen LogP contribution is 2.26. The molecule has 0 aliphatic heterocycles. The highest BCUT2D eigenvalue weighted by molar-refractivity contribution is 7.14. The summed E-state index contributed by atoms with van der Waals surface area (Å²) in [6.45, 7) is 0. The van der Waals surface area contributed by atoms with Crippen molar-refractivity contribution in [3.05, 3.63) is 17.7 Å². The Morgan fingerprint density at radius 3 is 3.23 bits per heavy atom. The number of nitrogens with zero attached hydrogens (tertiary/aromatic N) is 3. The molecule has 0 amide bonds. The zero-order valence-corrected chi connectivity index (χ0v) is 7.85. The van der Waals surface area contributed by atoms with Gasteiger partial charge in [-0.15, -0.1) is 0 Å². The fraction of sp³-hybridized carbons (Fsp3) is 0. The van der Waals surface area contributed by atoms with E-state index >= 15 is 0 Å². The summed E-state index contributed by atoms with van der Waals surface area (Å²) in [6, 6.07) is 0. The lowest BCUT2D eigenvalue weighted by molar-refractivity contribution is 1.20. The van der Waals surface area contributed by atoms with Crippen molar-refractivity contribution < 1.29 is 0 Å². The third-order valence-corrected chi connectivity index (χ3v) is 2.84. The molecule has 0 saturated carbocycles. The minimum atomic E-state index is 0.259. The molecule has 0 spiro atoms. The first-order valence-electron chi connectivity index (χ1n) is 3.59. The van der Waals surface area contributed by atoms with Crippen molar-refractivity contribution in [2.45, 2.75) is 0 Å². The lowest BCUT2D eigenvalue weighted by Gasteiger charge is -1.87. The van der Waals surface area contributed by atoms with E-state index in [9.17, 15) is 0 Å².